The fourth-order valence-electron chi connectivity index (χ4n) is 2.83. The number of aryl methyl sites for hydroxylation is 1. The van der Waals surface area contributed by atoms with Crippen molar-refractivity contribution in [3.63, 3.8) is 0 Å². The average Bonchev–Trinajstić information content (AvgIpc) is 2.96. The molecule has 2 aromatic rings. The number of piperidine rings is 1. The van der Waals surface area contributed by atoms with Crippen LogP contribution < -0.4 is 5.73 Å². The van der Waals surface area contributed by atoms with Gasteiger partial charge in [-0.25, -0.2) is 9.37 Å². The molecule has 0 radical (unpaired) electrons. The SMILES string of the molecule is Cc1nc(-c2ccc(F)cc2)sc1C(=O)N1CCC(CN)CC1. The van der Waals surface area contributed by atoms with E-state index >= 15 is 0 Å². The molecule has 1 amide bonds. The van der Waals surface area contributed by atoms with Crippen LogP contribution in [0.3, 0.4) is 0 Å². The standard InChI is InChI=1S/C17H20FN3OS/c1-11-15(17(22)21-8-6-12(10-19)7-9-21)23-16(20-11)13-2-4-14(18)5-3-13/h2-5,12H,6-10,19H2,1H3. The molecule has 1 aliphatic heterocycles. The lowest BCUT2D eigenvalue weighted by atomic mass is 9.97. The van der Waals surface area contributed by atoms with Crippen molar-refractivity contribution < 1.29 is 9.18 Å². The Morgan fingerprint density at radius 2 is 2.00 bits per heavy atom. The average molecular weight is 333 g/mol. The first-order valence-electron chi connectivity index (χ1n) is 7.81. The Bertz CT molecular complexity index is 690. The van der Waals surface area contributed by atoms with Gasteiger partial charge in [0.05, 0.1) is 5.69 Å². The molecule has 0 atom stereocenters. The van der Waals surface area contributed by atoms with Gasteiger partial charge >= 0.3 is 0 Å². The summed E-state index contributed by atoms with van der Waals surface area (Å²) in [6, 6.07) is 6.19. The minimum absolute atomic E-state index is 0.0452. The maximum atomic E-state index is 13.0. The summed E-state index contributed by atoms with van der Waals surface area (Å²) in [4.78, 5) is 19.8. The number of thiazole rings is 1. The molecule has 3 rings (SSSR count). The number of hydrogen-bond donors (Lipinski definition) is 1. The third-order valence-corrected chi connectivity index (χ3v) is 5.51. The van der Waals surface area contributed by atoms with Crippen molar-refractivity contribution in [2.45, 2.75) is 19.8 Å². The largest absolute Gasteiger partial charge is 0.338 e. The Balaban J connectivity index is 1.78. The van der Waals surface area contributed by atoms with Gasteiger partial charge in [-0.3, -0.25) is 4.79 Å². The van der Waals surface area contributed by atoms with E-state index in [1.54, 1.807) is 12.1 Å². The van der Waals surface area contributed by atoms with Gasteiger partial charge < -0.3 is 10.6 Å². The molecule has 2 heterocycles. The fraction of sp³-hybridized carbons (Fsp3) is 0.412. The number of carbonyl (C=O) groups excluding carboxylic acids is 1. The zero-order valence-corrected chi connectivity index (χ0v) is 13.9. The third kappa shape index (κ3) is 3.43. The lowest BCUT2D eigenvalue weighted by Gasteiger charge is -2.31. The fourth-order valence-corrected chi connectivity index (χ4v) is 3.87. The van der Waals surface area contributed by atoms with E-state index in [-0.39, 0.29) is 11.7 Å². The molecular weight excluding hydrogens is 313 g/mol. The van der Waals surface area contributed by atoms with Crippen LogP contribution in [0.15, 0.2) is 24.3 Å². The predicted octanol–water partition coefficient (Wildman–Crippen LogP) is 3.07. The zero-order chi connectivity index (χ0) is 16.4. The molecular formula is C17H20FN3OS. The van der Waals surface area contributed by atoms with Crippen LogP contribution in [0.25, 0.3) is 10.6 Å². The second kappa shape index (κ2) is 6.76. The first-order valence-corrected chi connectivity index (χ1v) is 8.63. The number of amides is 1. The monoisotopic (exact) mass is 333 g/mol. The molecule has 122 valence electrons. The summed E-state index contributed by atoms with van der Waals surface area (Å²) in [7, 11) is 0. The third-order valence-electron chi connectivity index (χ3n) is 4.32. The maximum absolute atomic E-state index is 13.0. The van der Waals surface area contributed by atoms with E-state index in [9.17, 15) is 9.18 Å². The normalized spacial score (nSPS) is 15.9. The van der Waals surface area contributed by atoms with Crippen molar-refractivity contribution in [1.29, 1.82) is 0 Å². The summed E-state index contributed by atoms with van der Waals surface area (Å²) in [6.07, 6.45) is 1.93. The minimum Gasteiger partial charge on any atom is -0.338 e. The maximum Gasteiger partial charge on any atom is 0.265 e. The highest BCUT2D eigenvalue weighted by Crippen LogP contribution is 2.30. The Morgan fingerprint density at radius 3 is 2.61 bits per heavy atom. The van der Waals surface area contributed by atoms with Crippen LogP contribution in [0.5, 0.6) is 0 Å². The zero-order valence-electron chi connectivity index (χ0n) is 13.1. The molecule has 1 aromatic carbocycles. The second-order valence-corrected chi connectivity index (χ2v) is 6.91. The smallest absolute Gasteiger partial charge is 0.265 e. The highest BCUT2D eigenvalue weighted by atomic mass is 32.1. The molecule has 0 spiro atoms. The molecule has 4 nitrogen and oxygen atoms in total. The summed E-state index contributed by atoms with van der Waals surface area (Å²) in [5.74, 6) is 0.293. The van der Waals surface area contributed by atoms with Gasteiger partial charge in [-0.05, 0) is 56.5 Å². The van der Waals surface area contributed by atoms with Crippen molar-refractivity contribution in [3.05, 3.63) is 40.7 Å². The van der Waals surface area contributed by atoms with E-state index in [1.807, 2.05) is 11.8 Å². The van der Waals surface area contributed by atoms with Crippen LogP contribution in [-0.2, 0) is 0 Å². The van der Waals surface area contributed by atoms with Crippen molar-refractivity contribution in [2.75, 3.05) is 19.6 Å². The second-order valence-electron chi connectivity index (χ2n) is 5.91. The van der Waals surface area contributed by atoms with Gasteiger partial charge in [0, 0.05) is 18.7 Å². The summed E-state index contributed by atoms with van der Waals surface area (Å²) >= 11 is 1.38. The molecule has 0 aliphatic carbocycles. The molecule has 1 saturated heterocycles. The van der Waals surface area contributed by atoms with Crippen LogP contribution in [0.4, 0.5) is 4.39 Å². The van der Waals surface area contributed by atoms with Crippen LogP contribution in [0, 0.1) is 18.7 Å². The molecule has 1 aromatic heterocycles. The number of halogens is 1. The van der Waals surface area contributed by atoms with E-state index in [4.69, 9.17) is 5.73 Å². The van der Waals surface area contributed by atoms with E-state index in [1.165, 1.54) is 23.5 Å². The quantitative estimate of drug-likeness (QED) is 0.939. The molecule has 23 heavy (non-hydrogen) atoms. The van der Waals surface area contributed by atoms with Gasteiger partial charge in [0.2, 0.25) is 0 Å². The van der Waals surface area contributed by atoms with Crippen molar-refractivity contribution in [1.82, 2.24) is 9.88 Å². The summed E-state index contributed by atoms with van der Waals surface area (Å²) in [5.41, 5.74) is 7.27. The first kappa shape index (κ1) is 16.1. The first-order chi connectivity index (χ1) is 11.1. The highest BCUT2D eigenvalue weighted by Gasteiger charge is 2.26. The summed E-state index contributed by atoms with van der Waals surface area (Å²) < 4.78 is 13.0. The van der Waals surface area contributed by atoms with E-state index < -0.39 is 0 Å². The number of likely N-dealkylation sites (tertiary alicyclic amines) is 1. The molecule has 6 heteroatoms. The number of carbonyl (C=O) groups is 1. The lowest BCUT2D eigenvalue weighted by molar-refractivity contribution is 0.0697. The van der Waals surface area contributed by atoms with E-state index in [2.05, 4.69) is 4.98 Å². The molecule has 0 bridgehead atoms. The van der Waals surface area contributed by atoms with Crippen LogP contribution in [0.1, 0.15) is 28.2 Å². The Kier molecular flexibility index (Phi) is 4.73. The van der Waals surface area contributed by atoms with Crippen LogP contribution >= 0.6 is 11.3 Å². The summed E-state index contributed by atoms with van der Waals surface area (Å²) in [6.45, 7) is 4.05. The molecule has 0 saturated carbocycles. The predicted molar refractivity (Wildman–Crippen MR) is 89.9 cm³/mol. The van der Waals surface area contributed by atoms with Gasteiger partial charge in [0.15, 0.2) is 0 Å². The van der Waals surface area contributed by atoms with Crippen molar-refractivity contribution in [3.8, 4) is 10.6 Å². The van der Waals surface area contributed by atoms with Crippen molar-refractivity contribution in [2.24, 2.45) is 11.7 Å². The lowest BCUT2D eigenvalue weighted by Crippen LogP contribution is -2.40. The van der Waals surface area contributed by atoms with E-state index in [0.29, 0.717) is 17.3 Å². The molecule has 2 N–H and O–H groups in total. The van der Waals surface area contributed by atoms with Crippen LogP contribution in [-0.4, -0.2) is 35.4 Å². The summed E-state index contributed by atoms with van der Waals surface area (Å²) in [5, 5.41) is 0.752. The van der Waals surface area contributed by atoms with Crippen LogP contribution in [0.2, 0.25) is 0 Å². The number of hydrogen-bond acceptors (Lipinski definition) is 4. The Hall–Kier alpha value is -1.79. The number of benzene rings is 1. The topological polar surface area (TPSA) is 59.2 Å². The number of rotatable bonds is 3. The minimum atomic E-state index is -0.277. The molecule has 1 fully saturated rings. The Morgan fingerprint density at radius 1 is 1.35 bits per heavy atom. The number of nitrogens with zero attached hydrogens (tertiary/aromatic N) is 2. The molecule has 1 aliphatic rings. The molecule has 0 unspecified atom stereocenters. The highest BCUT2D eigenvalue weighted by molar-refractivity contribution is 7.17. The van der Waals surface area contributed by atoms with Gasteiger partial charge in [0.25, 0.3) is 5.91 Å². The van der Waals surface area contributed by atoms with Gasteiger partial charge in [-0.15, -0.1) is 11.3 Å². The van der Waals surface area contributed by atoms with Gasteiger partial charge in [0.1, 0.15) is 15.7 Å². The van der Waals surface area contributed by atoms with Crippen molar-refractivity contribution >= 4 is 17.2 Å². The number of nitrogens with two attached hydrogens (primary N) is 1. The van der Waals surface area contributed by atoms with Gasteiger partial charge in [-0.1, -0.05) is 0 Å². The van der Waals surface area contributed by atoms with E-state index in [0.717, 1.165) is 42.2 Å². The Labute approximate surface area is 139 Å². The van der Waals surface area contributed by atoms with Gasteiger partial charge in [-0.2, -0.15) is 0 Å². The number of aromatic nitrogens is 1.